The van der Waals surface area contributed by atoms with Crippen LogP contribution in [-0.2, 0) is 11.3 Å². The van der Waals surface area contributed by atoms with Crippen LogP contribution in [-0.4, -0.2) is 22.1 Å². The second-order valence-corrected chi connectivity index (χ2v) is 7.72. The number of nitrogens with one attached hydrogen (secondary N) is 1. The number of aromatic nitrogens is 2. The lowest BCUT2D eigenvalue weighted by Crippen LogP contribution is -2.29. The summed E-state index contributed by atoms with van der Waals surface area (Å²) in [5, 5.41) is 3.55. The van der Waals surface area contributed by atoms with Crippen LogP contribution < -0.4 is 15.6 Å². The first-order chi connectivity index (χ1) is 16.5. The summed E-state index contributed by atoms with van der Waals surface area (Å²) in [7, 11) is 0. The zero-order valence-electron chi connectivity index (χ0n) is 18.2. The predicted octanol–water partition coefficient (Wildman–Crippen LogP) is 4.68. The summed E-state index contributed by atoms with van der Waals surface area (Å²) in [6.07, 6.45) is 2.15. The molecule has 0 bridgehead atoms. The van der Waals surface area contributed by atoms with Crippen molar-refractivity contribution in [2.45, 2.75) is 32.0 Å². The van der Waals surface area contributed by atoms with E-state index in [0.29, 0.717) is 23.9 Å². The Morgan fingerprint density at radius 1 is 0.941 bits per heavy atom. The second-order valence-electron chi connectivity index (χ2n) is 7.72. The third-order valence-corrected chi connectivity index (χ3v) is 5.41. The molecule has 4 rings (SSSR count). The molecule has 1 heterocycles. The van der Waals surface area contributed by atoms with E-state index in [1.54, 1.807) is 30.3 Å². The average molecular weight is 463 g/mol. The predicted molar refractivity (Wildman–Crippen MR) is 125 cm³/mol. The number of benzene rings is 3. The highest BCUT2D eigenvalue weighted by Gasteiger charge is 2.17. The van der Waals surface area contributed by atoms with E-state index in [-0.39, 0.29) is 23.6 Å². The van der Waals surface area contributed by atoms with Crippen molar-refractivity contribution in [1.82, 2.24) is 14.9 Å². The molecule has 3 aromatic carbocycles. The van der Waals surface area contributed by atoms with Gasteiger partial charge in [0.05, 0.1) is 23.3 Å². The first-order valence-corrected chi connectivity index (χ1v) is 10.8. The van der Waals surface area contributed by atoms with Gasteiger partial charge in [0, 0.05) is 13.0 Å². The fourth-order valence-electron chi connectivity index (χ4n) is 3.75. The third-order valence-electron chi connectivity index (χ3n) is 5.41. The molecular weight excluding hydrogens is 440 g/mol. The van der Waals surface area contributed by atoms with E-state index in [1.807, 2.05) is 36.4 Å². The van der Waals surface area contributed by atoms with Crippen LogP contribution in [0, 0.1) is 0 Å². The molecule has 1 aromatic heterocycles. The monoisotopic (exact) mass is 463 g/mol. The van der Waals surface area contributed by atoms with Gasteiger partial charge in [-0.1, -0.05) is 54.6 Å². The molecule has 1 amide bonds. The molecule has 8 heteroatoms. The minimum Gasteiger partial charge on any atom is -0.435 e. The summed E-state index contributed by atoms with van der Waals surface area (Å²) in [6, 6.07) is 22.2. The van der Waals surface area contributed by atoms with Crippen LogP contribution >= 0.6 is 0 Å². The third kappa shape index (κ3) is 5.64. The van der Waals surface area contributed by atoms with E-state index in [4.69, 9.17) is 0 Å². The highest BCUT2D eigenvalue weighted by atomic mass is 19.3. The van der Waals surface area contributed by atoms with Crippen LogP contribution in [0.2, 0.25) is 0 Å². The molecule has 0 spiro atoms. The number of fused-ring (bicyclic) bond motifs is 1. The molecule has 1 atom stereocenters. The number of carbonyl (C=O) groups excluding carboxylic acids is 1. The van der Waals surface area contributed by atoms with Crippen LogP contribution in [0.3, 0.4) is 0 Å². The highest BCUT2D eigenvalue weighted by Crippen LogP contribution is 2.25. The normalized spacial score (nSPS) is 12.0. The number of carbonyl (C=O) groups is 1. The maximum atomic E-state index is 12.8. The molecule has 0 unspecified atom stereocenters. The molecule has 0 aliphatic carbocycles. The van der Waals surface area contributed by atoms with Crippen LogP contribution in [0.5, 0.6) is 5.75 Å². The first kappa shape index (κ1) is 23.1. The Kier molecular flexibility index (Phi) is 7.27. The number of amides is 1. The number of rotatable bonds is 9. The number of halogens is 2. The molecule has 0 aliphatic heterocycles. The lowest BCUT2D eigenvalue weighted by atomic mass is 9.98. The SMILES string of the molecule is O=C(CCCn1cnc2ccccc2c1=O)N[C@H](c1ccccc1)c1ccc(OC(F)F)cc1. The molecular formula is C26H23F2N3O3. The molecule has 1 N–H and O–H groups in total. The van der Waals surface area contributed by atoms with Gasteiger partial charge in [0.1, 0.15) is 5.75 Å². The summed E-state index contributed by atoms with van der Waals surface area (Å²) in [5.41, 5.74) is 2.08. The van der Waals surface area contributed by atoms with Crippen molar-refractivity contribution < 1.29 is 18.3 Å². The number of para-hydroxylation sites is 1. The molecule has 4 aromatic rings. The molecule has 34 heavy (non-hydrogen) atoms. The molecule has 0 saturated carbocycles. The standard InChI is InChI=1S/C26H23F2N3O3/c27-26(28)34-20-14-12-19(13-15-20)24(18-7-2-1-3-8-18)30-23(32)11-6-16-31-17-29-22-10-5-4-9-21(22)25(31)33/h1-5,7-10,12-15,17,24,26H,6,11,16H2,(H,30,32)/t24-/m1/s1. The number of hydrogen-bond donors (Lipinski definition) is 1. The van der Waals surface area contributed by atoms with Crippen molar-refractivity contribution in [1.29, 1.82) is 0 Å². The lowest BCUT2D eigenvalue weighted by Gasteiger charge is -2.20. The Balaban J connectivity index is 1.43. The number of aryl methyl sites for hydroxylation is 1. The zero-order valence-corrected chi connectivity index (χ0v) is 18.2. The second kappa shape index (κ2) is 10.7. The molecule has 6 nitrogen and oxygen atoms in total. The van der Waals surface area contributed by atoms with Gasteiger partial charge in [-0.3, -0.25) is 14.2 Å². The molecule has 0 aliphatic rings. The van der Waals surface area contributed by atoms with Crippen LogP contribution in [0.4, 0.5) is 8.78 Å². The summed E-state index contributed by atoms with van der Waals surface area (Å²) in [4.78, 5) is 29.7. The van der Waals surface area contributed by atoms with Crippen molar-refractivity contribution in [2.75, 3.05) is 0 Å². The minimum absolute atomic E-state index is 0.0475. The van der Waals surface area contributed by atoms with Crippen molar-refractivity contribution in [3.63, 3.8) is 0 Å². The van der Waals surface area contributed by atoms with E-state index in [1.165, 1.54) is 23.0 Å². The Morgan fingerprint density at radius 2 is 1.62 bits per heavy atom. The number of alkyl halides is 2. The molecule has 0 radical (unpaired) electrons. The number of nitrogens with zero attached hydrogens (tertiary/aromatic N) is 2. The van der Waals surface area contributed by atoms with Crippen LogP contribution in [0.25, 0.3) is 10.9 Å². The fourth-order valence-corrected chi connectivity index (χ4v) is 3.75. The van der Waals surface area contributed by atoms with Gasteiger partial charge in [0.15, 0.2) is 0 Å². The molecule has 174 valence electrons. The van der Waals surface area contributed by atoms with Gasteiger partial charge in [0.2, 0.25) is 5.91 Å². The summed E-state index contributed by atoms with van der Waals surface area (Å²) in [5.74, 6) is -0.144. The van der Waals surface area contributed by atoms with Crippen molar-refractivity contribution in [3.8, 4) is 5.75 Å². The number of ether oxygens (including phenoxy) is 1. The first-order valence-electron chi connectivity index (χ1n) is 10.8. The van der Waals surface area contributed by atoms with Gasteiger partial charge in [-0.15, -0.1) is 0 Å². The highest BCUT2D eigenvalue weighted by molar-refractivity contribution is 5.77. The molecule has 0 fully saturated rings. The van der Waals surface area contributed by atoms with Gasteiger partial charge in [0.25, 0.3) is 5.56 Å². The van der Waals surface area contributed by atoms with Gasteiger partial charge in [-0.2, -0.15) is 8.78 Å². The van der Waals surface area contributed by atoms with E-state index >= 15 is 0 Å². The summed E-state index contributed by atoms with van der Waals surface area (Å²) >= 11 is 0. The smallest absolute Gasteiger partial charge is 0.387 e. The molecule has 0 saturated heterocycles. The van der Waals surface area contributed by atoms with Crippen LogP contribution in [0.15, 0.2) is 90.0 Å². The lowest BCUT2D eigenvalue weighted by molar-refractivity contribution is -0.121. The maximum Gasteiger partial charge on any atom is 0.387 e. The van der Waals surface area contributed by atoms with Gasteiger partial charge in [-0.25, -0.2) is 4.98 Å². The van der Waals surface area contributed by atoms with Gasteiger partial charge < -0.3 is 10.1 Å². The van der Waals surface area contributed by atoms with E-state index in [0.717, 1.165) is 11.1 Å². The average Bonchev–Trinajstić information content (AvgIpc) is 2.85. The van der Waals surface area contributed by atoms with Crippen LogP contribution in [0.1, 0.15) is 30.0 Å². The summed E-state index contributed by atoms with van der Waals surface area (Å²) < 4.78 is 30.8. The van der Waals surface area contributed by atoms with Crippen molar-refractivity contribution in [3.05, 3.63) is 107 Å². The largest absolute Gasteiger partial charge is 0.435 e. The Hall–Kier alpha value is -4.07. The van der Waals surface area contributed by atoms with Gasteiger partial charge in [-0.05, 0) is 41.8 Å². The quantitative estimate of drug-likeness (QED) is 0.391. The number of hydrogen-bond acceptors (Lipinski definition) is 4. The minimum atomic E-state index is -2.90. The van der Waals surface area contributed by atoms with Gasteiger partial charge >= 0.3 is 6.61 Å². The van der Waals surface area contributed by atoms with Crippen molar-refractivity contribution in [2.24, 2.45) is 0 Å². The Morgan fingerprint density at radius 3 is 2.35 bits per heavy atom. The summed E-state index contributed by atoms with van der Waals surface area (Å²) in [6.45, 7) is -2.54. The maximum absolute atomic E-state index is 12.8. The zero-order chi connectivity index (χ0) is 23.9. The van der Waals surface area contributed by atoms with E-state index in [2.05, 4.69) is 15.0 Å². The fraction of sp³-hybridized carbons (Fsp3) is 0.192. The van der Waals surface area contributed by atoms with E-state index in [9.17, 15) is 18.4 Å². The Labute approximate surface area is 194 Å². The Bertz CT molecular complexity index is 1310. The topological polar surface area (TPSA) is 73.2 Å². The van der Waals surface area contributed by atoms with E-state index < -0.39 is 12.7 Å². The van der Waals surface area contributed by atoms with Crippen molar-refractivity contribution >= 4 is 16.8 Å².